The zero-order valence-corrected chi connectivity index (χ0v) is 9.57. The molecule has 5 nitrogen and oxygen atoms in total. The van der Waals surface area contributed by atoms with Crippen LogP contribution in [0.5, 0.6) is 0 Å². The second-order valence-corrected chi connectivity index (χ2v) is 1.65. The van der Waals surface area contributed by atoms with Crippen LogP contribution in [0.1, 0.15) is 0 Å². The van der Waals surface area contributed by atoms with Crippen molar-refractivity contribution in [2.24, 2.45) is 0 Å². The second kappa shape index (κ2) is 9.28. The van der Waals surface area contributed by atoms with E-state index >= 15 is 0 Å². The molecular weight excluding hydrogens is 171 g/mol. The van der Waals surface area contributed by atoms with Crippen molar-refractivity contribution in [3.63, 3.8) is 0 Å². The average Bonchev–Trinajstić information content (AvgIpc) is 0.722. The third kappa shape index (κ3) is 84.6. The molecule has 0 saturated carbocycles. The van der Waals surface area contributed by atoms with E-state index in [4.69, 9.17) is 19.2 Å². The maximum Gasteiger partial charge on any atom is 2.00 e. The molecule has 0 aromatic heterocycles. The minimum absolute atomic E-state index is 0. The van der Waals surface area contributed by atoms with E-state index in [0.29, 0.717) is 0 Å². The standard InChI is InChI=1S/Ca.Na.H2O4Si.H2O/c;;1-5(2,3)4;/h;;1-2H;1H2/q+2;+1;-2;/p-1. The smallest absolute Gasteiger partial charge is 0.870 e. The van der Waals surface area contributed by atoms with Crippen LogP contribution in [0.15, 0.2) is 0 Å². The van der Waals surface area contributed by atoms with E-state index in [0.717, 1.165) is 0 Å². The molecule has 0 spiro atoms. The maximum atomic E-state index is 8.80. The van der Waals surface area contributed by atoms with Gasteiger partial charge in [-0.2, -0.15) is 0 Å². The first-order valence-electron chi connectivity index (χ1n) is 0.855. The Balaban J connectivity index is -0.0000000267. The van der Waals surface area contributed by atoms with Crippen LogP contribution >= 0.6 is 0 Å². The molecule has 0 unspecified atom stereocenters. The zero-order chi connectivity index (χ0) is 4.50. The SMILES string of the molecule is [Ca+2].[Na+].[O-][Si]([O-])(O)O.[OH-]. The molecule has 0 amide bonds. The largest absolute Gasteiger partial charge is 2.00 e. The van der Waals surface area contributed by atoms with E-state index in [1.807, 2.05) is 0 Å². The third-order valence-electron chi connectivity index (χ3n) is 0. The van der Waals surface area contributed by atoms with Crippen LogP contribution in [-0.4, -0.2) is 61.9 Å². The number of rotatable bonds is 0. The topological polar surface area (TPSA) is 117 Å². The summed E-state index contributed by atoms with van der Waals surface area (Å²) in [5.74, 6) is 0. The van der Waals surface area contributed by atoms with Crippen molar-refractivity contribution in [2.45, 2.75) is 0 Å². The van der Waals surface area contributed by atoms with Crippen LogP contribution in [0.4, 0.5) is 0 Å². The summed E-state index contributed by atoms with van der Waals surface area (Å²) in [6.07, 6.45) is 0. The van der Waals surface area contributed by atoms with E-state index in [-0.39, 0.29) is 72.8 Å². The van der Waals surface area contributed by atoms with Gasteiger partial charge in [0.25, 0.3) is 0 Å². The van der Waals surface area contributed by atoms with Gasteiger partial charge in [-0.15, -0.1) is 0 Å². The predicted octanol–water partition coefficient (Wildman–Crippen LogP) is -7.43. The first-order valence-corrected chi connectivity index (χ1v) is 2.57. The van der Waals surface area contributed by atoms with E-state index in [2.05, 4.69) is 0 Å². The van der Waals surface area contributed by atoms with Crippen LogP contribution in [0.2, 0.25) is 0 Å². The molecule has 0 heterocycles. The van der Waals surface area contributed by atoms with Gasteiger partial charge < -0.3 is 24.7 Å². The van der Waals surface area contributed by atoms with Crippen LogP contribution in [0, 0.1) is 0 Å². The number of hydrogen-bond acceptors (Lipinski definition) is 5. The zero-order valence-electron chi connectivity index (χ0n) is 4.37. The Kier molecular flexibility index (Phi) is 26.0. The normalized spacial score (nSPS) is 7.50. The monoisotopic (exact) mass is 174 g/mol. The minimum atomic E-state index is -5.11. The van der Waals surface area contributed by atoms with Crippen molar-refractivity contribution in [3.05, 3.63) is 0 Å². The summed E-state index contributed by atoms with van der Waals surface area (Å²) in [4.78, 5) is 31.8. The van der Waals surface area contributed by atoms with Gasteiger partial charge in [0.1, 0.15) is 9.05 Å². The molecule has 0 atom stereocenters. The molecule has 3 N–H and O–H groups in total. The predicted molar refractivity (Wildman–Crippen MR) is 17.9 cm³/mol. The first-order chi connectivity index (χ1) is 2.00. The van der Waals surface area contributed by atoms with Crippen molar-refractivity contribution < 1.29 is 54.2 Å². The van der Waals surface area contributed by atoms with Crippen LogP contribution in [0.25, 0.3) is 0 Å². The molecule has 0 radical (unpaired) electrons. The molecule has 0 aromatic rings. The number of hydrogen-bond donors (Lipinski definition) is 2. The van der Waals surface area contributed by atoms with Crippen molar-refractivity contribution >= 4 is 46.8 Å². The fraction of sp³-hybridized carbons (Fsp3) is 0. The third-order valence-corrected chi connectivity index (χ3v) is 0. The Morgan fingerprint density at radius 1 is 1.12 bits per heavy atom. The van der Waals surface area contributed by atoms with Crippen molar-refractivity contribution in [1.29, 1.82) is 0 Å². The van der Waals surface area contributed by atoms with Gasteiger partial charge in [0.2, 0.25) is 0 Å². The Labute approximate surface area is 99.4 Å². The Morgan fingerprint density at radius 2 is 1.12 bits per heavy atom. The van der Waals surface area contributed by atoms with E-state index in [1.54, 1.807) is 0 Å². The molecular formula is H3CaNaO5Si. The summed E-state index contributed by atoms with van der Waals surface area (Å²) in [5.41, 5.74) is 0. The summed E-state index contributed by atoms with van der Waals surface area (Å²) >= 11 is 0. The van der Waals surface area contributed by atoms with Crippen LogP contribution in [0.3, 0.4) is 0 Å². The molecule has 40 valence electrons. The van der Waals surface area contributed by atoms with Crippen LogP contribution < -0.4 is 39.1 Å². The molecule has 0 bridgehead atoms. The molecule has 8 heteroatoms. The van der Waals surface area contributed by atoms with Gasteiger partial charge in [-0.1, -0.05) is 0 Å². The van der Waals surface area contributed by atoms with Gasteiger partial charge in [0.15, 0.2) is 0 Å². The first kappa shape index (κ1) is 22.4. The molecule has 0 rings (SSSR count). The molecule has 8 heavy (non-hydrogen) atoms. The van der Waals surface area contributed by atoms with Crippen LogP contribution in [-0.2, 0) is 0 Å². The molecule has 0 aliphatic rings. The Bertz CT molecular complexity index is 27.9. The summed E-state index contributed by atoms with van der Waals surface area (Å²) in [6, 6.07) is 0. The van der Waals surface area contributed by atoms with Gasteiger partial charge in [0, 0.05) is 0 Å². The Hall–Kier alpha value is 2.28. The fourth-order valence-corrected chi connectivity index (χ4v) is 0. The minimum Gasteiger partial charge on any atom is -0.870 e. The molecule has 0 aliphatic heterocycles. The van der Waals surface area contributed by atoms with E-state index in [1.165, 1.54) is 0 Å². The molecule has 0 fully saturated rings. The summed E-state index contributed by atoms with van der Waals surface area (Å²) < 4.78 is 0. The summed E-state index contributed by atoms with van der Waals surface area (Å²) in [6.45, 7) is 0. The molecule has 0 aromatic carbocycles. The van der Waals surface area contributed by atoms with E-state index in [9.17, 15) is 0 Å². The average molecular weight is 174 g/mol. The molecule has 0 saturated heterocycles. The van der Waals surface area contributed by atoms with Crippen molar-refractivity contribution in [2.75, 3.05) is 0 Å². The summed E-state index contributed by atoms with van der Waals surface area (Å²) in [7, 11) is -5.11. The van der Waals surface area contributed by atoms with Gasteiger partial charge >= 0.3 is 67.3 Å². The Morgan fingerprint density at radius 3 is 1.12 bits per heavy atom. The van der Waals surface area contributed by atoms with Crippen molar-refractivity contribution in [3.8, 4) is 0 Å². The fourth-order valence-electron chi connectivity index (χ4n) is 0. The van der Waals surface area contributed by atoms with Gasteiger partial charge in [-0.25, -0.2) is 0 Å². The van der Waals surface area contributed by atoms with E-state index < -0.39 is 9.05 Å². The van der Waals surface area contributed by atoms with Gasteiger partial charge in [-0.05, 0) is 0 Å². The molecule has 0 aliphatic carbocycles. The van der Waals surface area contributed by atoms with Gasteiger partial charge in [-0.3, -0.25) is 0 Å². The quantitative estimate of drug-likeness (QED) is 0.354. The van der Waals surface area contributed by atoms with Crippen molar-refractivity contribution in [1.82, 2.24) is 0 Å². The summed E-state index contributed by atoms with van der Waals surface area (Å²) in [5, 5.41) is 0. The second-order valence-electron chi connectivity index (χ2n) is 0.548. The van der Waals surface area contributed by atoms with Gasteiger partial charge in [0.05, 0.1) is 0 Å². The maximum absolute atomic E-state index is 8.80.